The van der Waals surface area contributed by atoms with E-state index in [9.17, 15) is 0 Å². The van der Waals surface area contributed by atoms with Gasteiger partial charge in [-0.1, -0.05) is 24.3 Å². The average molecular weight is 337 g/mol. The minimum Gasteiger partial charge on any atom is -0.383 e. The third-order valence-electron chi connectivity index (χ3n) is 2.93. The molecule has 0 aliphatic rings. The van der Waals surface area contributed by atoms with Crippen LogP contribution in [0.1, 0.15) is 0 Å². The summed E-state index contributed by atoms with van der Waals surface area (Å²) in [6.45, 7) is 1.90. The molecule has 0 unspecified atom stereocenters. The summed E-state index contributed by atoms with van der Waals surface area (Å²) in [6.07, 6.45) is 0. The van der Waals surface area contributed by atoms with Gasteiger partial charge in [0.15, 0.2) is 0 Å². The molecule has 5 heteroatoms. The standard InChI is InChI=1S/C16H20N2S3/c19-15-7-3-1-5-13(15)17-9-11-21-12-10-18-14-6-2-4-8-16(14)20/h1-8,17-20H,9-12H2. The van der Waals surface area contributed by atoms with Crippen molar-refractivity contribution in [3.8, 4) is 0 Å². The molecule has 0 radical (unpaired) electrons. The second kappa shape index (κ2) is 9.18. The molecule has 0 atom stereocenters. The summed E-state index contributed by atoms with van der Waals surface area (Å²) in [7, 11) is 0. The highest BCUT2D eigenvalue weighted by Gasteiger charge is 1.97. The van der Waals surface area contributed by atoms with Crippen molar-refractivity contribution in [1.29, 1.82) is 0 Å². The van der Waals surface area contributed by atoms with Crippen LogP contribution in [0.4, 0.5) is 11.4 Å². The first-order valence-corrected chi connectivity index (χ1v) is 8.94. The molecule has 0 spiro atoms. The summed E-state index contributed by atoms with van der Waals surface area (Å²) in [5.74, 6) is 2.15. The molecule has 2 nitrogen and oxygen atoms in total. The average Bonchev–Trinajstić information content (AvgIpc) is 2.50. The van der Waals surface area contributed by atoms with Crippen LogP contribution in [0, 0.1) is 0 Å². The summed E-state index contributed by atoms with van der Waals surface area (Å²) < 4.78 is 0. The van der Waals surface area contributed by atoms with Crippen LogP contribution in [0.25, 0.3) is 0 Å². The van der Waals surface area contributed by atoms with E-state index < -0.39 is 0 Å². The fourth-order valence-electron chi connectivity index (χ4n) is 1.86. The fraction of sp³-hybridized carbons (Fsp3) is 0.250. The summed E-state index contributed by atoms with van der Waals surface area (Å²) in [6, 6.07) is 16.1. The van der Waals surface area contributed by atoms with Crippen LogP contribution >= 0.6 is 37.0 Å². The summed E-state index contributed by atoms with van der Waals surface area (Å²) in [5, 5.41) is 6.80. The van der Waals surface area contributed by atoms with Gasteiger partial charge in [0.05, 0.1) is 0 Å². The van der Waals surface area contributed by atoms with Crippen LogP contribution in [0.5, 0.6) is 0 Å². The van der Waals surface area contributed by atoms with Crippen LogP contribution in [0.15, 0.2) is 58.3 Å². The Morgan fingerprint density at radius 3 is 1.57 bits per heavy atom. The van der Waals surface area contributed by atoms with Crippen molar-refractivity contribution in [1.82, 2.24) is 0 Å². The topological polar surface area (TPSA) is 24.1 Å². The molecule has 0 aromatic heterocycles. The zero-order valence-electron chi connectivity index (χ0n) is 11.7. The molecule has 0 heterocycles. The minimum atomic E-state index is 0.950. The Hall–Kier alpha value is -0.910. The first-order valence-electron chi connectivity index (χ1n) is 6.89. The number of nitrogens with one attached hydrogen (secondary N) is 2. The van der Waals surface area contributed by atoms with Gasteiger partial charge < -0.3 is 10.6 Å². The van der Waals surface area contributed by atoms with Crippen LogP contribution in [0.3, 0.4) is 0 Å². The van der Waals surface area contributed by atoms with Gasteiger partial charge in [-0.05, 0) is 24.3 Å². The molecule has 0 saturated carbocycles. The summed E-state index contributed by atoms with van der Waals surface area (Å²) >= 11 is 10.8. The Kier molecular flexibility index (Phi) is 7.19. The molecule has 112 valence electrons. The lowest BCUT2D eigenvalue weighted by Gasteiger charge is -2.10. The van der Waals surface area contributed by atoms with Crippen LogP contribution in [-0.2, 0) is 0 Å². The van der Waals surface area contributed by atoms with E-state index >= 15 is 0 Å². The zero-order chi connectivity index (χ0) is 14.9. The molecule has 2 aromatic rings. The number of anilines is 2. The lowest BCUT2D eigenvalue weighted by molar-refractivity contribution is 1.18. The van der Waals surface area contributed by atoms with Crippen molar-refractivity contribution < 1.29 is 0 Å². The lowest BCUT2D eigenvalue weighted by atomic mass is 10.3. The largest absolute Gasteiger partial charge is 0.383 e. The first-order chi connectivity index (χ1) is 10.3. The summed E-state index contributed by atoms with van der Waals surface area (Å²) in [4.78, 5) is 1.99. The predicted octanol–water partition coefficient (Wildman–Crippen LogP) is 4.52. The third kappa shape index (κ3) is 5.77. The smallest absolute Gasteiger partial charge is 0.0476 e. The minimum absolute atomic E-state index is 0.950. The molecule has 0 amide bonds. The van der Waals surface area contributed by atoms with Gasteiger partial charge in [0, 0.05) is 45.8 Å². The van der Waals surface area contributed by atoms with E-state index in [4.69, 9.17) is 0 Å². The van der Waals surface area contributed by atoms with Gasteiger partial charge in [-0.2, -0.15) is 11.8 Å². The molecular weight excluding hydrogens is 316 g/mol. The monoisotopic (exact) mass is 336 g/mol. The van der Waals surface area contributed by atoms with E-state index in [0.29, 0.717) is 0 Å². The number of benzene rings is 2. The lowest BCUT2D eigenvalue weighted by Crippen LogP contribution is -2.08. The van der Waals surface area contributed by atoms with Gasteiger partial charge in [0.1, 0.15) is 0 Å². The first kappa shape index (κ1) is 16.5. The zero-order valence-corrected chi connectivity index (χ0v) is 14.4. The Bertz CT molecular complexity index is 511. The molecular formula is C16H20N2S3. The Morgan fingerprint density at radius 1 is 0.714 bits per heavy atom. The van der Waals surface area contributed by atoms with Crippen molar-refractivity contribution >= 4 is 48.4 Å². The van der Waals surface area contributed by atoms with Crippen molar-refractivity contribution in [2.75, 3.05) is 35.2 Å². The second-order valence-corrected chi connectivity index (χ2v) is 6.69. The number of hydrogen-bond acceptors (Lipinski definition) is 5. The SMILES string of the molecule is Sc1ccccc1NCCSCCNc1ccccc1S. The highest BCUT2D eigenvalue weighted by atomic mass is 32.2. The van der Waals surface area contributed by atoms with Crippen LogP contribution in [0.2, 0.25) is 0 Å². The van der Waals surface area contributed by atoms with Gasteiger partial charge in [-0.25, -0.2) is 0 Å². The molecule has 21 heavy (non-hydrogen) atoms. The Balaban J connectivity index is 1.57. The normalized spacial score (nSPS) is 10.4. The number of thiol groups is 2. The molecule has 2 N–H and O–H groups in total. The number of hydrogen-bond donors (Lipinski definition) is 4. The maximum absolute atomic E-state index is 4.42. The van der Waals surface area contributed by atoms with E-state index in [1.165, 1.54) is 0 Å². The van der Waals surface area contributed by atoms with Gasteiger partial charge in [-0.15, -0.1) is 25.3 Å². The van der Waals surface area contributed by atoms with Crippen LogP contribution < -0.4 is 10.6 Å². The van der Waals surface area contributed by atoms with Gasteiger partial charge in [-0.3, -0.25) is 0 Å². The Morgan fingerprint density at radius 2 is 1.14 bits per heavy atom. The number of para-hydroxylation sites is 2. The third-order valence-corrected chi connectivity index (χ3v) is 4.70. The summed E-state index contributed by atoms with van der Waals surface area (Å²) in [5.41, 5.74) is 2.20. The number of rotatable bonds is 8. The molecule has 2 aromatic carbocycles. The fourth-order valence-corrected chi connectivity index (χ4v) is 3.04. The van der Waals surface area contributed by atoms with Gasteiger partial charge >= 0.3 is 0 Å². The maximum Gasteiger partial charge on any atom is 0.0476 e. The molecule has 0 aliphatic heterocycles. The van der Waals surface area contributed by atoms with Crippen molar-refractivity contribution in [2.45, 2.75) is 9.79 Å². The maximum atomic E-state index is 4.42. The Labute approximate surface area is 141 Å². The van der Waals surface area contributed by atoms with E-state index in [-0.39, 0.29) is 0 Å². The van der Waals surface area contributed by atoms with E-state index in [0.717, 1.165) is 45.8 Å². The van der Waals surface area contributed by atoms with Gasteiger partial charge in [0.25, 0.3) is 0 Å². The van der Waals surface area contributed by atoms with Crippen molar-refractivity contribution in [3.05, 3.63) is 48.5 Å². The van der Waals surface area contributed by atoms with E-state index in [2.05, 4.69) is 48.0 Å². The van der Waals surface area contributed by atoms with Gasteiger partial charge in [0.2, 0.25) is 0 Å². The quantitative estimate of drug-likeness (QED) is 0.421. The van der Waals surface area contributed by atoms with Crippen molar-refractivity contribution in [2.24, 2.45) is 0 Å². The highest BCUT2D eigenvalue weighted by Crippen LogP contribution is 2.19. The number of thioether (sulfide) groups is 1. The van der Waals surface area contributed by atoms with Crippen molar-refractivity contribution in [3.63, 3.8) is 0 Å². The van der Waals surface area contributed by atoms with E-state index in [1.807, 2.05) is 48.2 Å². The molecule has 2 rings (SSSR count). The molecule has 0 aliphatic carbocycles. The molecule has 0 saturated heterocycles. The predicted molar refractivity (Wildman–Crippen MR) is 102 cm³/mol. The highest BCUT2D eigenvalue weighted by molar-refractivity contribution is 7.99. The second-order valence-electron chi connectivity index (χ2n) is 4.50. The molecule has 0 fully saturated rings. The molecule has 0 bridgehead atoms. The van der Waals surface area contributed by atoms with Crippen LogP contribution in [-0.4, -0.2) is 24.6 Å². The van der Waals surface area contributed by atoms with E-state index in [1.54, 1.807) is 0 Å².